The molecule has 0 aromatic carbocycles. The minimum atomic E-state index is -0.621. The molecule has 0 aliphatic heterocycles. The molecule has 3 heterocycles. The monoisotopic (exact) mass is 535 g/mol. The number of hydrogen-bond acceptors (Lipinski definition) is 8. The first-order chi connectivity index (χ1) is 18.9. The van der Waals surface area contributed by atoms with Crippen molar-refractivity contribution in [1.29, 1.82) is 0 Å². The molecule has 3 aliphatic rings. The van der Waals surface area contributed by atoms with Crippen LogP contribution in [0, 0.1) is 11.7 Å². The van der Waals surface area contributed by atoms with Crippen LogP contribution in [0.1, 0.15) is 68.3 Å². The quantitative estimate of drug-likeness (QED) is 0.295. The van der Waals surface area contributed by atoms with Crippen LogP contribution in [0.15, 0.2) is 30.7 Å². The lowest BCUT2D eigenvalue weighted by atomic mass is 9.90. The second-order valence-corrected chi connectivity index (χ2v) is 11.0. The Balaban J connectivity index is 1.15. The molecular formula is C27H34FN9O2. The zero-order chi connectivity index (χ0) is 26.9. The maximum atomic E-state index is 14.1. The zero-order valence-corrected chi connectivity index (χ0v) is 21.7. The molecule has 206 valence electrons. The Morgan fingerprint density at radius 2 is 1.69 bits per heavy atom. The first-order valence-electron chi connectivity index (χ1n) is 13.8. The second kappa shape index (κ2) is 10.8. The van der Waals surface area contributed by atoms with Gasteiger partial charge in [-0.2, -0.15) is 0 Å². The number of amides is 2. The largest absolute Gasteiger partial charge is 0.379 e. The fourth-order valence-corrected chi connectivity index (χ4v) is 5.62. The number of nitrogens with one attached hydrogen (secondary N) is 4. The summed E-state index contributed by atoms with van der Waals surface area (Å²) in [6.45, 7) is 0. The molecule has 39 heavy (non-hydrogen) atoms. The van der Waals surface area contributed by atoms with E-state index in [1.54, 1.807) is 0 Å². The average molecular weight is 536 g/mol. The molecule has 0 unspecified atom stereocenters. The van der Waals surface area contributed by atoms with Gasteiger partial charge in [0.25, 0.3) is 5.91 Å². The highest BCUT2D eigenvalue weighted by Gasteiger charge is 2.32. The number of anilines is 3. The predicted octanol–water partition coefficient (Wildman–Crippen LogP) is 3.06. The summed E-state index contributed by atoms with van der Waals surface area (Å²) in [4.78, 5) is 33.9. The third-order valence-electron chi connectivity index (χ3n) is 7.99. The fraction of sp³-hybridized carbons (Fsp3) is 0.519. The molecule has 6 N–H and O–H groups in total. The maximum absolute atomic E-state index is 14.1. The Morgan fingerprint density at radius 3 is 2.41 bits per heavy atom. The molecule has 3 fully saturated rings. The number of halogens is 1. The highest BCUT2D eigenvalue weighted by Crippen LogP contribution is 2.30. The van der Waals surface area contributed by atoms with Gasteiger partial charge in [0.2, 0.25) is 5.91 Å². The van der Waals surface area contributed by atoms with Crippen molar-refractivity contribution in [3.05, 3.63) is 42.2 Å². The van der Waals surface area contributed by atoms with E-state index in [0.717, 1.165) is 69.7 Å². The van der Waals surface area contributed by atoms with Gasteiger partial charge in [-0.05, 0) is 57.4 Å². The van der Waals surface area contributed by atoms with Crippen molar-refractivity contribution >= 4 is 34.7 Å². The van der Waals surface area contributed by atoms with Crippen molar-refractivity contribution in [2.75, 3.05) is 16.0 Å². The van der Waals surface area contributed by atoms with Gasteiger partial charge >= 0.3 is 0 Å². The molecule has 11 nitrogen and oxygen atoms in total. The summed E-state index contributed by atoms with van der Waals surface area (Å²) >= 11 is 0. The number of pyridine rings is 1. The molecule has 0 radical (unpaired) electrons. The maximum Gasteiger partial charge on any atom is 0.276 e. The second-order valence-electron chi connectivity index (χ2n) is 11.0. The first kappa shape index (κ1) is 25.5. The van der Waals surface area contributed by atoms with Gasteiger partial charge in [-0.3, -0.25) is 14.6 Å². The number of nitrogens with two attached hydrogens (primary N) is 1. The van der Waals surface area contributed by atoms with Gasteiger partial charge in [-0.25, -0.2) is 13.9 Å². The van der Waals surface area contributed by atoms with Crippen molar-refractivity contribution in [3.8, 4) is 0 Å². The van der Waals surface area contributed by atoms with E-state index in [1.807, 2.05) is 6.07 Å². The van der Waals surface area contributed by atoms with Crippen molar-refractivity contribution in [3.63, 3.8) is 0 Å². The Labute approximate surface area is 225 Å². The lowest BCUT2D eigenvalue weighted by molar-refractivity contribution is -0.126. The van der Waals surface area contributed by atoms with E-state index < -0.39 is 11.7 Å². The molecule has 2 amide bonds. The average Bonchev–Trinajstić information content (AvgIpc) is 3.45. The molecular weight excluding hydrogens is 501 g/mol. The van der Waals surface area contributed by atoms with E-state index in [1.165, 1.54) is 23.0 Å². The molecule has 6 rings (SSSR count). The predicted molar refractivity (Wildman–Crippen MR) is 145 cm³/mol. The SMILES string of the molecule is N[C@H]1CCC[C@H]1C(=O)NC1CCC(Nc2cc(NC3CC3)c3ncc(C(=O)Nc4ccncc4F)n3n2)CC1. The molecule has 2 atom stereocenters. The van der Waals surface area contributed by atoms with Crippen LogP contribution in [-0.2, 0) is 4.79 Å². The number of hydrogen-bond donors (Lipinski definition) is 5. The van der Waals surface area contributed by atoms with Crippen LogP contribution in [0.5, 0.6) is 0 Å². The van der Waals surface area contributed by atoms with E-state index in [4.69, 9.17) is 5.73 Å². The zero-order valence-electron chi connectivity index (χ0n) is 21.7. The highest BCUT2D eigenvalue weighted by atomic mass is 19.1. The highest BCUT2D eigenvalue weighted by molar-refractivity contribution is 6.03. The van der Waals surface area contributed by atoms with Crippen LogP contribution < -0.4 is 27.0 Å². The van der Waals surface area contributed by atoms with Crippen LogP contribution >= 0.6 is 0 Å². The van der Waals surface area contributed by atoms with Gasteiger partial charge in [0.05, 0.1) is 29.7 Å². The van der Waals surface area contributed by atoms with Gasteiger partial charge < -0.3 is 27.0 Å². The topological polar surface area (TPSA) is 151 Å². The standard InChI is InChI=1S/C27H34FN9O2/c28-19-13-30-11-10-21(19)35-27(39)23-14-31-25-22(32-15-4-5-15)12-24(36-37(23)25)33-16-6-8-17(9-7-16)34-26(38)18-2-1-3-20(18)29/h10-18,20,32H,1-9,29H2,(H,33,36)(H,34,38)(H,30,35,39)/t16?,17?,18-,20+/m1/s1. The molecule has 0 bridgehead atoms. The Bertz CT molecular complexity index is 1370. The summed E-state index contributed by atoms with van der Waals surface area (Å²) in [7, 11) is 0. The van der Waals surface area contributed by atoms with Gasteiger partial charge in [-0.15, -0.1) is 5.10 Å². The van der Waals surface area contributed by atoms with E-state index in [-0.39, 0.29) is 41.3 Å². The molecule has 0 spiro atoms. The van der Waals surface area contributed by atoms with Crippen molar-refractivity contribution in [2.24, 2.45) is 11.7 Å². The number of aromatic nitrogens is 4. The van der Waals surface area contributed by atoms with Gasteiger partial charge in [0, 0.05) is 36.4 Å². The normalized spacial score (nSPS) is 24.9. The molecule has 0 saturated heterocycles. The number of nitrogens with zero attached hydrogens (tertiary/aromatic N) is 4. The third-order valence-corrected chi connectivity index (χ3v) is 7.99. The minimum absolute atomic E-state index is 0.0266. The summed E-state index contributed by atoms with van der Waals surface area (Å²) in [5.41, 5.74) is 7.66. The summed E-state index contributed by atoms with van der Waals surface area (Å²) in [5.74, 6) is -0.489. The van der Waals surface area contributed by atoms with Crippen LogP contribution in [-0.4, -0.2) is 55.6 Å². The lowest BCUT2D eigenvalue weighted by Crippen LogP contribution is -2.45. The number of imidazole rings is 1. The van der Waals surface area contributed by atoms with E-state index in [0.29, 0.717) is 17.5 Å². The molecule has 3 aliphatic carbocycles. The van der Waals surface area contributed by atoms with Crippen molar-refractivity contribution in [2.45, 2.75) is 82.0 Å². The minimum Gasteiger partial charge on any atom is -0.379 e. The molecule has 3 aromatic heterocycles. The Kier molecular flexibility index (Phi) is 7.03. The third kappa shape index (κ3) is 5.65. The van der Waals surface area contributed by atoms with Crippen LogP contribution in [0.4, 0.5) is 21.6 Å². The Hall–Kier alpha value is -3.80. The van der Waals surface area contributed by atoms with Crippen LogP contribution in [0.25, 0.3) is 5.65 Å². The molecule has 3 saturated carbocycles. The summed E-state index contributed by atoms with van der Waals surface area (Å²) in [6.07, 6.45) is 12.4. The molecule has 3 aromatic rings. The van der Waals surface area contributed by atoms with Crippen LogP contribution in [0.3, 0.4) is 0 Å². The van der Waals surface area contributed by atoms with Crippen molar-refractivity contribution < 1.29 is 14.0 Å². The number of rotatable bonds is 8. The lowest BCUT2D eigenvalue weighted by Gasteiger charge is -2.31. The number of fused-ring (bicyclic) bond motifs is 1. The van der Waals surface area contributed by atoms with Crippen molar-refractivity contribution in [1.82, 2.24) is 24.9 Å². The number of carbonyl (C=O) groups excluding carboxylic acids is 2. The molecule has 12 heteroatoms. The fourth-order valence-electron chi connectivity index (χ4n) is 5.62. The first-order valence-corrected chi connectivity index (χ1v) is 13.8. The van der Waals surface area contributed by atoms with E-state index in [9.17, 15) is 14.0 Å². The van der Waals surface area contributed by atoms with E-state index >= 15 is 0 Å². The summed E-state index contributed by atoms with van der Waals surface area (Å²) < 4.78 is 15.6. The summed E-state index contributed by atoms with van der Waals surface area (Å²) in [5, 5.41) is 17.5. The number of carbonyl (C=O) groups is 2. The van der Waals surface area contributed by atoms with Gasteiger partial charge in [0.15, 0.2) is 17.2 Å². The van der Waals surface area contributed by atoms with E-state index in [2.05, 4.69) is 36.3 Å². The smallest absolute Gasteiger partial charge is 0.276 e. The van der Waals surface area contributed by atoms with Gasteiger partial charge in [0.1, 0.15) is 5.82 Å². The summed E-state index contributed by atoms with van der Waals surface area (Å²) in [6, 6.07) is 4.01. The Morgan fingerprint density at radius 1 is 0.949 bits per heavy atom. The van der Waals surface area contributed by atoms with Gasteiger partial charge in [-0.1, -0.05) is 6.42 Å². The van der Waals surface area contributed by atoms with Crippen LogP contribution in [0.2, 0.25) is 0 Å².